The summed E-state index contributed by atoms with van der Waals surface area (Å²) in [4.78, 5) is 18.6. The smallest absolute Gasteiger partial charge is 0.356 e. The van der Waals surface area contributed by atoms with E-state index in [2.05, 4.69) is 15.3 Å². The molecule has 0 atom stereocenters. The third kappa shape index (κ3) is 3.72. The summed E-state index contributed by atoms with van der Waals surface area (Å²) in [6.07, 6.45) is 5.16. The Balaban J connectivity index is 1.61. The van der Waals surface area contributed by atoms with Crippen molar-refractivity contribution in [2.75, 3.05) is 11.9 Å². The number of nitrogens with zero attached hydrogens (tertiary/aromatic N) is 2. The van der Waals surface area contributed by atoms with Crippen molar-refractivity contribution in [1.29, 1.82) is 0 Å². The van der Waals surface area contributed by atoms with Gasteiger partial charge in [0, 0.05) is 12.1 Å². The van der Waals surface area contributed by atoms with E-state index in [1.165, 1.54) is 25.2 Å². The number of nitrogens with one attached hydrogen (secondary N) is 1. The van der Waals surface area contributed by atoms with Crippen LogP contribution in [-0.2, 0) is 6.54 Å². The molecule has 0 unspecified atom stereocenters. The minimum atomic E-state index is -1.09. The molecule has 1 saturated carbocycles. The van der Waals surface area contributed by atoms with Crippen molar-refractivity contribution in [1.82, 2.24) is 9.97 Å². The summed E-state index contributed by atoms with van der Waals surface area (Å²) in [6.45, 7) is 1.31. The number of benzene rings is 1. The largest absolute Gasteiger partial charge is 0.493 e. The summed E-state index contributed by atoms with van der Waals surface area (Å²) in [7, 11) is 0. The van der Waals surface area contributed by atoms with Crippen molar-refractivity contribution in [2.45, 2.75) is 19.4 Å². The lowest BCUT2D eigenvalue weighted by Gasteiger charge is -2.12. The highest BCUT2D eigenvalue weighted by Gasteiger charge is 2.22. The monoisotopic (exact) mass is 299 g/mol. The molecular weight excluding hydrogens is 282 g/mol. The predicted octanol–water partition coefficient (Wildman–Crippen LogP) is 2.58. The number of anilines is 1. The molecule has 1 heterocycles. The molecule has 1 aliphatic carbocycles. The van der Waals surface area contributed by atoms with Crippen molar-refractivity contribution >= 4 is 11.8 Å². The van der Waals surface area contributed by atoms with E-state index >= 15 is 0 Å². The number of ether oxygens (including phenoxy) is 1. The maximum atomic E-state index is 10.7. The first-order chi connectivity index (χ1) is 10.7. The molecule has 2 N–H and O–H groups in total. The lowest BCUT2D eigenvalue weighted by atomic mass is 10.2. The maximum absolute atomic E-state index is 10.7. The van der Waals surface area contributed by atoms with E-state index in [-0.39, 0.29) is 5.69 Å². The number of carboxylic acids is 1. The van der Waals surface area contributed by atoms with Crippen LogP contribution in [0.25, 0.3) is 0 Å². The Hall–Kier alpha value is -2.63. The molecule has 1 aliphatic rings. The van der Waals surface area contributed by atoms with Crippen molar-refractivity contribution in [3.05, 3.63) is 47.9 Å². The van der Waals surface area contributed by atoms with E-state index in [1.54, 1.807) is 0 Å². The Labute approximate surface area is 128 Å². The summed E-state index contributed by atoms with van der Waals surface area (Å²) < 4.78 is 5.85. The number of hydrogen-bond donors (Lipinski definition) is 2. The van der Waals surface area contributed by atoms with Crippen LogP contribution in [0.5, 0.6) is 5.75 Å². The molecular formula is C16H17N3O3. The first kappa shape index (κ1) is 14.3. The number of hydrogen-bond acceptors (Lipinski definition) is 5. The van der Waals surface area contributed by atoms with Gasteiger partial charge in [0.05, 0.1) is 19.0 Å². The van der Waals surface area contributed by atoms with Crippen LogP contribution in [0.2, 0.25) is 0 Å². The number of para-hydroxylation sites is 1. The van der Waals surface area contributed by atoms with Gasteiger partial charge in [0.15, 0.2) is 5.69 Å². The normalized spacial score (nSPS) is 13.6. The van der Waals surface area contributed by atoms with Crippen LogP contribution in [0.3, 0.4) is 0 Å². The Morgan fingerprint density at radius 1 is 1.27 bits per heavy atom. The highest BCUT2D eigenvalue weighted by molar-refractivity contribution is 5.84. The number of carboxylic acid groups (broad SMARTS) is 1. The molecule has 0 amide bonds. The molecule has 1 fully saturated rings. The van der Waals surface area contributed by atoms with E-state index in [1.807, 2.05) is 24.3 Å². The second-order valence-electron chi connectivity index (χ2n) is 5.31. The van der Waals surface area contributed by atoms with E-state index in [0.717, 1.165) is 17.9 Å². The van der Waals surface area contributed by atoms with Gasteiger partial charge in [-0.1, -0.05) is 18.2 Å². The zero-order valence-corrected chi connectivity index (χ0v) is 12.0. The fraction of sp³-hybridized carbons (Fsp3) is 0.312. The number of aromatic nitrogens is 2. The number of carbonyl (C=O) groups is 1. The Morgan fingerprint density at radius 3 is 2.77 bits per heavy atom. The summed E-state index contributed by atoms with van der Waals surface area (Å²) in [6, 6.07) is 7.86. The molecule has 114 valence electrons. The van der Waals surface area contributed by atoms with Gasteiger partial charge >= 0.3 is 5.97 Å². The number of aromatic carboxylic acids is 1. The van der Waals surface area contributed by atoms with Crippen LogP contribution in [0.4, 0.5) is 5.82 Å². The molecule has 2 aromatic rings. The molecule has 0 aliphatic heterocycles. The van der Waals surface area contributed by atoms with Crippen molar-refractivity contribution < 1.29 is 14.6 Å². The lowest BCUT2D eigenvalue weighted by molar-refractivity contribution is 0.0690. The Bertz CT molecular complexity index is 654. The molecule has 6 heteroatoms. The molecule has 3 rings (SSSR count). The maximum Gasteiger partial charge on any atom is 0.356 e. The molecule has 0 spiro atoms. The zero-order valence-electron chi connectivity index (χ0n) is 12.0. The summed E-state index contributed by atoms with van der Waals surface area (Å²) >= 11 is 0. The van der Waals surface area contributed by atoms with E-state index in [0.29, 0.717) is 18.3 Å². The molecule has 6 nitrogen and oxygen atoms in total. The van der Waals surface area contributed by atoms with Crippen LogP contribution in [0.1, 0.15) is 28.9 Å². The lowest BCUT2D eigenvalue weighted by Crippen LogP contribution is -2.07. The molecule has 0 bridgehead atoms. The fourth-order valence-electron chi connectivity index (χ4n) is 2.00. The van der Waals surface area contributed by atoms with Gasteiger partial charge < -0.3 is 15.2 Å². The van der Waals surface area contributed by atoms with Crippen LogP contribution in [-0.4, -0.2) is 27.7 Å². The Morgan fingerprint density at radius 2 is 2.09 bits per heavy atom. The van der Waals surface area contributed by atoms with Gasteiger partial charge in [0.1, 0.15) is 11.6 Å². The summed E-state index contributed by atoms with van der Waals surface area (Å²) in [5, 5.41) is 11.9. The highest BCUT2D eigenvalue weighted by atomic mass is 16.5. The zero-order chi connectivity index (χ0) is 15.4. The third-order valence-electron chi connectivity index (χ3n) is 3.47. The average Bonchev–Trinajstić information content (AvgIpc) is 3.36. The van der Waals surface area contributed by atoms with E-state index in [4.69, 9.17) is 9.84 Å². The van der Waals surface area contributed by atoms with Crippen LogP contribution in [0, 0.1) is 5.92 Å². The van der Waals surface area contributed by atoms with E-state index in [9.17, 15) is 4.79 Å². The summed E-state index contributed by atoms with van der Waals surface area (Å²) in [5.41, 5.74) is 0.964. The predicted molar refractivity (Wildman–Crippen MR) is 81.0 cm³/mol. The third-order valence-corrected chi connectivity index (χ3v) is 3.47. The molecule has 1 aromatic carbocycles. The Kier molecular flexibility index (Phi) is 4.18. The summed E-state index contributed by atoms with van der Waals surface area (Å²) in [5.74, 6) is 1.02. The SMILES string of the molecule is O=C(O)c1cnc(NCc2ccccc2OCC2CC2)cn1. The van der Waals surface area contributed by atoms with Crippen molar-refractivity contribution in [3.8, 4) is 5.75 Å². The fourth-order valence-corrected chi connectivity index (χ4v) is 2.00. The molecule has 0 radical (unpaired) electrons. The van der Waals surface area contributed by atoms with Gasteiger partial charge in [-0.05, 0) is 24.8 Å². The van der Waals surface area contributed by atoms with Crippen LogP contribution in [0.15, 0.2) is 36.7 Å². The second kappa shape index (κ2) is 6.43. The van der Waals surface area contributed by atoms with E-state index < -0.39 is 5.97 Å². The molecule has 22 heavy (non-hydrogen) atoms. The first-order valence-corrected chi connectivity index (χ1v) is 7.22. The molecule has 0 saturated heterocycles. The van der Waals surface area contributed by atoms with Gasteiger partial charge in [0.2, 0.25) is 0 Å². The number of rotatable bonds is 7. The highest BCUT2D eigenvalue weighted by Crippen LogP contribution is 2.30. The van der Waals surface area contributed by atoms with Gasteiger partial charge in [-0.25, -0.2) is 14.8 Å². The van der Waals surface area contributed by atoms with Gasteiger partial charge in [-0.15, -0.1) is 0 Å². The second-order valence-corrected chi connectivity index (χ2v) is 5.31. The first-order valence-electron chi connectivity index (χ1n) is 7.22. The van der Waals surface area contributed by atoms with Gasteiger partial charge in [-0.2, -0.15) is 0 Å². The van der Waals surface area contributed by atoms with Crippen LogP contribution >= 0.6 is 0 Å². The minimum absolute atomic E-state index is 0.0706. The van der Waals surface area contributed by atoms with Gasteiger partial charge in [0.25, 0.3) is 0 Å². The minimum Gasteiger partial charge on any atom is -0.493 e. The quantitative estimate of drug-likeness (QED) is 0.817. The molecule has 1 aromatic heterocycles. The van der Waals surface area contributed by atoms with Crippen molar-refractivity contribution in [3.63, 3.8) is 0 Å². The standard InChI is InChI=1S/C16H17N3O3/c20-16(21)13-8-19-15(9-17-13)18-7-12-3-1-2-4-14(12)22-10-11-5-6-11/h1-4,8-9,11H,5-7,10H2,(H,18,19)(H,20,21). The van der Waals surface area contributed by atoms with Crippen LogP contribution < -0.4 is 10.1 Å². The van der Waals surface area contributed by atoms with Crippen molar-refractivity contribution in [2.24, 2.45) is 5.92 Å². The van der Waals surface area contributed by atoms with Gasteiger partial charge in [-0.3, -0.25) is 0 Å². The average molecular weight is 299 g/mol. The topological polar surface area (TPSA) is 84.3 Å².